The van der Waals surface area contributed by atoms with Gasteiger partial charge in [0.15, 0.2) is 0 Å². The minimum atomic E-state index is -0.118. The van der Waals surface area contributed by atoms with E-state index in [4.69, 9.17) is 10.5 Å². The highest BCUT2D eigenvalue weighted by atomic mass is 35.5. The van der Waals surface area contributed by atoms with Gasteiger partial charge in [0.1, 0.15) is 0 Å². The van der Waals surface area contributed by atoms with E-state index in [2.05, 4.69) is 0 Å². The Morgan fingerprint density at radius 2 is 2.15 bits per heavy atom. The Morgan fingerprint density at radius 1 is 1.46 bits per heavy atom. The number of methoxy groups -OCH3 is 1. The molecular formula is C9H16ClNO2. The van der Waals surface area contributed by atoms with E-state index >= 15 is 0 Å². The van der Waals surface area contributed by atoms with Crippen LogP contribution >= 0.6 is 12.4 Å². The molecule has 2 rings (SSSR count). The van der Waals surface area contributed by atoms with Gasteiger partial charge in [0.05, 0.1) is 13.0 Å². The number of nitrogens with two attached hydrogens (primary N) is 1. The molecule has 0 radical (unpaired) electrons. The van der Waals surface area contributed by atoms with Crippen LogP contribution in [0.15, 0.2) is 0 Å². The Balaban J connectivity index is 0.000000845. The molecule has 0 aromatic carbocycles. The van der Waals surface area contributed by atoms with Crippen LogP contribution in [0.1, 0.15) is 19.3 Å². The van der Waals surface area contributed by atoms with Crippen molar-refractivity contribution < 1.29 is 9.53 Å². The molecule has 13 heavy (non-hydrogen) atoms. The summed E-state index contributed by atoms with van der Waals surface area (Å²) >= 11 is 0. The highest BCUT2D eigenvalue weighted by molar-refractivity contribution is 5.85. The first-order valence-electron chi connectivity index (χ1n) is 4.57. The third-order valence-electron chi connectivity index (χ3n) is 3.29. The van der Waals surface area contributed by atoms with Gasteiger partial charge in [-0.05, 0) is 31.1 Å². The van der Waals surface area contributed by atoms with Gasteiger partial charge in [0, 0.05) is 6.04 Å². The Kier molecular flexibility index (Phi) is 3.19. The van der Waals surface area contributed by atoms with Crippen molar-refractivity contribution in [2.45, 2.75) is 25.3 Å². The van der Waals surface area contributed by atoms with Gasteiger partial charge in [0.25, 0.3) is 0 Å². The summed E-state index contributed by atoms with van der Waals surface area (Å²) in [7, 11) is 1.44. The van der Waals surface area contributed by atoms with Gasteiger partial charge in [-0.15, -0.1) is 12.4 Å². The molecule has 2 N–H and O–H groups in total. The van der Waals surface area contributed by atoms with Crippen molar-refractivity contribution in [3.8, 4) is 0 Å². The van der Waals surface area contributed by atoms with Crippen molar-refractivity contribution in [3.05, 3.63) is 0 Å². The van der Waals surface area contributed by atoms with Crippen LogP contribution in [0.2, 0.25) is 0 Å². The van der Waals surface area contributed by atoms with Crippen molar-refractivity contribution in [3.63, 3.8) is 0 Å². The highest BCUT2D eigenvalue weighted by Gasteiger charge is 2.49. The highest BCUT2D eigenvalue weighted by Crippen LogP contribution is 2.50. The molecule has 76 valence electrons. The lowest BCUT2D eigenvalue weighted by molar-refractivity contribution is -0.147. The number of rotatable bonds is 1. The third kappa shape index (κ3) is 1.81. The average Bonchev–Trinajstić information content (AvgIpc) is 2.83. The van der Waals surface area contributed by atoms with Crippen LogP contribution in [0.3, 0.4) is 0 Å². The molecule has 0 bridgehead atoms. The molecule has 2 aliphatic carbocycles. The molecule has 2 aliphatic rings. The van der Waals surface area contributed by atoms with Crippen molar-refractivity contribution in [2.24, 2.45) is 23.5 Å². The van der Waals surface area contributed by atoms with Crippen molar-refractivity contribution in [1.29, 1.82) is 0 Å². The maximum atomic E-state index is 11.2. The van der Waals surface area contributed by atoms with Crippen LogP contribution in [-0.4, -0.2) is 19.1 Å². The largest absolute Gasteiger partial charge is 0.469 e. The second kappa shape index (κ2) is 3.84. The van der Waals surface area contributed by atoms with E-state index in [0.29, 0.717) is 5.92 Å². The molecule has 4 atom stereocenters. The first-order valence-corrected chi connectivity index (χ1v) is 4.57. The SMILES string of the molecule is COC(=O)[C@H]1CC[C@@H]2C[C@@H]2[C@@H]1N.Cl. The lowest BCUT2D eigenvalue weighted by Crippen LogP contribution is -2.40. The van der Waals surface area contributed by atoms with Crippen LogP contribution in [0.5, 0.6) is 0 Å². The maximum absolute atomic E-state index is 11.2. The van der Waals surface area contributed by atoms with Gasteiger partial charge >= 0.3 is 5.97 Å². The summed E-state index contributed by atoms with van der Waals surface area (Å²) in [6, 6.07) is 0.0659. The zero-order valence-electron chi connectivity index (χ0n) is 7.73. The fourth-order valence-corrected chi connectivity index (χ4v) is 2.39. The number of hydrogen-bond acceptors (Lipinski definition) is 3. The van der Waals surface area contributed by atoms with Crippen molar-refractivity contribution in [1.82, 2.24) is 0 Å². The quantitative estimate of drug-likeness (QED) is 0.649. The van der Waals surface area contributed by atoms with Gasteiger partial charge in [0.2, 0.25) is 0 Å². The van der Waals surface area contributed by atoms with E-state index in [1.807, 2.05) is 0 Å². The zero-order valence-corrected chi connectivity index (χ0v) is 8.55. The van der Waals surface area contributed by atoms with Crippen LogP contribution < -0.4 is 5.73 Å². The standard InChI is InChI=1S/C9H15NO2.ClH/c1-12-9(11)6-3-2-5-4-7(5)8(6)10;/h5-8H,2-4,10H2,1H3;1H/t5-,6+,7+,8-;/m1./s1. The number of carbonyl (C=O) groups excluding carboxylic acids is 1. The van der Waals surface area contributed by atoms with Crippen LogP contribution in [0.4, 0.5) is 0 Å². The lowest BCUT2D eigenvalue weighted by atomic mass is 9.85. The van der Waals surface area contributed by atoms with Crippen LogP contribution in [0, 0.1) is 17.8 Å². The molecule has 0 aromatic heterocycles. The number of halogens is 1. The summed E-state index contributed by atoms with van der Waals surface area (Å²) in [6.45, 7) is 0. The Hall–Kier alpha value is -0.280. The summed E-state index contributed by atoms with van der Waals surface area (Å²) in [5.74, 6) is 1.29. The van der Waals surface area contributed by atoms with Gasteiger partial charge < -0.3 is 10.5 Å². The van der Waals surface area contributed by atoms with Crippen molar-refractivity contribution >= 4 is 18.4 Å². The Labute approximate surface area is 84.4 Å². The minimum Gasteiger partial charge on any atom is -0.469 e. The maximum Gasteiger partial charge on any atom is 0.310 e. The van der Waals surface area contributed by atoms with E-state index < -0.39 is 0 Å². The van der Waals surface area contributed by atoms with E-state index in [9.17, 15) is 4.79 Å². The second-order valence-electron chi connectivity index (χ2n) is 3.94. The first-order chi connectivity index (χ1) is 5.74. The van der Waals surface area contributed by atoms with Gasteiger partial charge in [-0.25, -0.2) is 0 Å². The lowest BCUT2D eigenvalue weighted by Gasteiger charge is -2.25. The van der Waals surface area contributed by atoms with Crippen LogP contribution in [0.25, 0.3) is 0 Å². The summed E-state index contributed by atoms with van der Waals surface area (Å²) in [5.41, 5.74) is 5.94. The molecule has 0 unspecified atom stereocenters. The number of hydrogen-bond donors (Lipinski definition) is 1. The first kappa shape index (κ1) is 10.8. The molecule has 0 spiro atoms. The monoisotopic (exact) mass is 205 g/mol. The smallest absolute Gasteiger partial charge is 0.310 e. The van der Waals surface area contributed by atoms with E-state index in [0.717, 1.165) is 18.8 Å². The Morgan fingerprint density at radius 3 is 2.77 bits per heavy atom. The number of fused-ring (bicyclic) bond motifs is 1. The molecule has 0 saturated heterocycles. The minimum absolute atomic E-state index is 0. The zero-order chi connectivity index (χ0) is 8.72. The fraction of sp³-hybridized carbons (Fsp3) is 0.889. The Bertz CT molecular complexity index is 210. The molecule has 0 amide bonds. The normalized spacial score (nSPS) is 41.4. The molecule has 2 saturated carbocycles. The topological polar surface area (TPSA) is 52.3 Å². The van der Waals surface area contributed by atoms with Crippen LogP contribution in [-0.2, 0) is 9.53 Å². The summed E-state index contributed by atoms with van der Waals surface area (Å²) < 4.78 is 4.71. The molecule has 2 fully saturated rings. The van der Waals surface area contributed by atoms with Gasteiger partial charge in [-0.3, -0.25) is 4.79 Å². The van der Waals surface area contributed by atoms with Gasteiger partial charge in [-0.2, -0.15) is 0 Å². The molecule has 3 nitrogen and oxygen atoms in total. The second-order valence-corrected chi connectivity index (χ2v) is 3.94. The van der Waals surface area contributed by atoms with Gasteiger partial charge in [-0.1, -0.05) is 0 Å². The molecular weight excluding hydrogens is 190 g/mol. The fourth-order valence-electron chi connectivity index (χ4n) is 2.39. The van der Waals surface area contributed by atoms with Crippen molar-refractivity contribution in [2.75, 3.05) is 7.11 Å². The summed E-state index contributed by atoms with van der Waals surface area (Å²) in [4.78, 5) is 11.2. The molecule has 0 aliphatic heterocycles. The molecule has 0 heterocycles. The van der Waals surface area contributed by atoms with E-state index in [1.165, 1.54) is 13.5 Å². The summed E-state index contributed by atoms with van der Waals surface area (Å²) in [6.07, 6.45) is 3.32. The number of esters is 1. The average molecular weight is 206 g/mol. The number of ether oxygens (including phenoxy) is 1. The predicted octanol–water partition coefficient (Wildman–Crippen LogP) is 0.955. The molecule has 4 heteroatoms. The predicted molar refractivity (Wildman–Crippen MR) is 51.6 cm³/mol. The van der Waals surface area contributed by atoms with E-state index in [-0.39, 0.29) is 30.3 Å². The summed E-state index contributed by atoms with van der Waals surface area (Å²) in [5, 5.41) is 0. The number of carbonyl (C=O) groups is 1. The van der Waals surface area contributed by atoms with E-state index in [1.54, 1.807) is 0 Å². The third-order valence-corrected chi connectivity index (χ3v) is 3.29. The molecule has 0 aromatic rings.